The number of hydrogen-bond donors (Lipinski definition) is 2. The van der Waals surface area contributed by atoms with Crippen LogP contribution in [0, 0.1) is 13.8 Å². The van der Waals surface area contributed by atoms with Gasteiger partial charge in [-0.3, -0.25) is 14.5 Å². The van der Waals surface area contributed by atoms with Gasteiger partial charge in [-0.15, -0.1) is 0 Å². The van der Waals surface area contributed by atoms with Gasteiger partial charge in [0.2, 0.25) is 5.91 Å². The monoisotopic (exact) mass is 343 g/mol. The highest BCUT2D eigenvalue weighted by Gasteiger charge is 2.52. The Balaban J connectivity index is 1.63. The van der Waals surface area contributed by atoms with Crippen molar-refractivity contribution in [3.05, 3.63) is 34.9 Å². The number of benzene rings is 1. The van der Waals surface area contributed by atoms with Crippen molar-refractivity contribution in [2.75, 3.05) is 6.54 Å². The van der Waals surface area contributed by atoms with Crippen LogP contribution >= 0.6 is 0 Å². The summed E-state index contributed by atoms with van der Waals surface area (Å²) < 4.78 is 0. The lowest BCUT2D eigenvalue weighted by atomic mass is 9.98. The van der Waals surface area contributed by atoms with Gasteiger partial charge in [-0.25, -0.2) is 4.79 Å². The molecule has 1 aliphatic carbocycles. The first-order valence-electron chi connectivity index (χ1n) is 8.83. The molecule has 1 heterocycles. The fourth-order valence-corrected chi connectivity index (χ4v) is 3.69. The summed E-state index contributed by atoms with van der Waals surface area (Å²) in [4.78, 5) is 38.1. The quantitative estimate of drug-likeness (QED) is 0.824. The number of carbonyl (C=O) groups is 3. The first kappa shape index (κ1) is 17.5. The van der Waals surface area contributed by atoms with Crippen LogP contribution in [-0.4, -0.2) is 34.8 Å². The molecule has 1 aliphatic heterocycles. The molecule has 1 saturated heterocycles. The molecule has 1 spiro atoms. The van der Waals surface area contributed by atoms with Crippen LogP contribution < -0.4 is 10.6 Å². The van der Waals surface area contributed by atoms with Gasteiger partial charge in [0.15, 0.2) is 0 Å². The largest absolute Gasteiger partial charge is 0.348 e. The van der Waals surface area contributed by atoms with Crippen LogP contribution in [0.15, 0.2) is 18.2 Å². The molecule has 2 aliphatic rings. The number of urea groups is 1. The third kappa shape index (κ3) is 3.25. The molecule has 6 nitrogen and oxygen atoms in total. The zero-order valence-electron chi connectivity index (χ0n) is 15.0. The standard InChI is InChI=1S/C19H25N3O3/c1-12-6-7-15(10-13(12)2)14(3)20-16(23)11-22-17(24)19(21-18(22)25)8-4-5-9-19/h6-7,10,14H,4-5,8-9,11H2,1-3H3,(H,20,23)(H,21,25). The van der Waals surface area contributed by atoms with Crippen LogP contribution in [-0.2, 0) is 9.59 Å². The average Bonchev–Trinajstić information content (AvgIpc) is 3.11. The van der Waals surface area contributed by atoms with Gasteiger partial charge < -0.3 is 10.6 Å². The molecule has 1 saturated carbocycles. The van der Waals surface area contributed by atoms with Gasteiger partial charge in [-0.2, -0.15) is 0 Å². The Morgan fingerprint density at radius 1 is 1.24 bits per heavy atom. The number of nitrogens with zero attached hydrogens (tertiary/aromatic N) is 1. The van der Waals surface area contributed by atoms with E-state index < -0.39 is 11.6 Å². The molecule has 3 rings (SSSR count). The lowest BCUT2D eigenvalue weighted by molar-refractivity contribution is -0.135. The van der Waals surface area contributed by atoms with E-state index in [9.17, 15) is 14.4 Å². The van der Waals surface area contributed by atoms with Crippen molar-refractivity contribution in [1.82, 2.24) is 15.5 Å². The minimum absolute atomic E-state index is 0.187. The first-order chi connectivity index (χ1) is 11.8. The summed E-state index contributed by atoms with van der Waals surface area (Å²) in [6.45, 7) is 5.73. The molecule has 0 radical (unpaired) electrons. The molecule has 6 heteroatoms. The highest BCUT2D eigenvalue weighted by molar-refractivity contribution is 6.09. The highest BCUT2D eigenvalue weighted by atomic mass is 16.2. The summed E-state index contributed by atoms with van der Waals surface area (Å²) in [6.07, 6.45) is 3.18. The molecule has 4 amide bonds. The van der Waals surface area contributed by atoms with E-state index in [-0.39, 0.29) is 24.4 Å². The van der Waals surface area contributed by atoms with Gasteiger partial charge in [-0.1, -0.05) is 31.0 Å². The predicted molar refractivity (Wildman–Crippen MR) is 93.9 cm³/mol. The average molecular weight is 343 g/mol. The van der Waals surface area contributed by atoms with E-state index in [0.717, 1.165) is 28.9 Å². The summed E-state index contributed by atoms with van der Waals surface area (Å²) in [6, 6.07) is 5.40. The Morgan fingerprint density at radius 3 is 2.56 bits per heavy atom. The smallest absolute Gasteiger partial charge is 0.325 e. The lowest BCUT2D eigenvalue weighted by Crippen LogP contribution is -2.45. The predicted octanol–water partition coefficient (Wildman–Crippen LogP) is 2.35. The normalized spacial score (nSPS) is 20.0. The van der Waals surface area contributed by atoms with Gasteiger partial charge in [0.25, 0.3) is 5.91 Å². The van der Waals surface area contributed by atoms with Crippen LogP contribution in [0.1, 0.15) is 55.3 Å². The molecule has 134 valence electrons. The summed E-state index contributed by atoms with van der Waals surface area (Å²) in [5.74, 6) is -0.590. The second kappa shape index (κ2) is 6.50. The SMILES string of the molecule is Cc1ccc(C(C)NC(=O)CN2C(=O)NC3(CCCC3)C2=O)cc1C. The van der Waals surface area contributed by atoms with Crippen molar-refractivity contribution in [1.29, 1.82) is 0 Å². The van der Waals surface area contributed by atoms with E-state index in [4.69, 9.17) is 0 Å². The number of nitrogens with one attached hydrogen (secondary N) is 2. The van der Waals surface area contributed by atoms with Gasteiger partial charge >= 0.3 is 6.03 Å². The molecule has 2 N–H and O–H groups in total. The van der Waals surface area contributed by atoms with Crippen molar-refractivity contribution in [3.8, 4) is 0 Å². The fourth-order valence-electron chi connectivity index (χ4n) is 3.69. The van der Waals surface area contributed by atoms with Crippen LogP contribution in [0.25, 0.3) is 0 Å². The molecular formula is C19H25N3O3. The molecule has 1 aromatic rings. The van der Waals surface area contributed by atoms with E-state index in [1.54, 1.807) is 0 Å². The van der Waals surface area contributed by atoms with Crippen molar-refractivity contribution >= 4 is 17.8 Å². The Bertz CT molecular complexity index is 723. The summed E-state index contributed by atoms with van der Waals surface area (Å²) in [7, 11) is 0. The zero-order valence-corrected chi connectivity index (χ0v) is 15.0. The maximum absolute atomic E-state index is 12.6. The van der Waals surface area contributed by atoms with Crippen molar-refractivity contribution < 1.29 is 14.4 Å². The topological polar surface area (TPSA) is 78.5 Å². The number of hydrogen-bond acceptors (Lipinski definition) is 3. The molecule has 0 aromatic heterocycles. The lowest BCUT2D eigenvalue weighted by Gasteiger charge is -2.20. The summed E-state index contributed by atoms with van der Waals surface area (Å²) >= 11 is 0. The minimum atomic E-state index is -0.767. The van der Waals surface area contributed by atoms with E-state index in [1.165, 1.54) is 5.56 Å². The molecule has 1 atom stereocenters. The number of aryl methyl sites for hydroxylation is 2. The first-order valence-corrected chi connectivity index (χ1v) is 8.83. The summed E-state index contributed by atoms with van der Waals surface area (Å²) in [5, 5.41) is 5.67. The van der Waals surface area contributed by atoms with Crippen LogP contribution in [0.5, 0.6) is 0 Å². The number of amides is 4. The molecule has 2 fully saturated rings. The molecule has 0 bridgehead atoms. The fraction of sp³-hybridized carbons (Fsp3) is 0.526. The van der Waals surface area contributed by atoms with E-state index in [0.29, 0.717) is 12.8 Å². The van der Waals surface area contributed by atoms with Gasteiger partial charge in [0, 0.05) is 0 Å². The van der Waals surface area contributed by atoms with Crippen LogP contribution in [0.3, 0.4) is 0 Å². The minimum Gasteiger partial charge on any atom is -0.348 e. The maximum Gasteiger partial charge on any atom is 0.325 e. The Hall–Kier alpha value is -2.37. The van der Waals surface area contributed by atoms with Crippen LogP contribution in [0.4, 0.5) is 4.79 Å². The summed E-state index contributed by atoms with van der Waals surface area (Å²) in [5.41, 5.74) is 2.59. The molecule has 1 aromatic carbocycles. The van der Waals surface area contributed by atoms with E-state index in [1.807, 2.05) is 39.0 Å². The number of rotatable bonds is 4. The zero-order chi connectivity index (χ0) is 18.2. The second-order valence-corrected chi connectivity index (χ2v) is 7.24. The van der Waals surface area contributed by atoms with Crippen molar-refractivity contribution in [3.63, 3.8) is 0 Å². The maximum atomic E-state index is 12.6. The Labute approximate surface area is 148 Å². The van der Waals surface area contributed by atoms with Gasteiger partial charge in [-0.05, 0) is 50.3 Å². The molecule has 25 heavy (non-hydrogen) atoms. The Morgan fingerprint density at radius 2 is 1.92 bits per heavy atom. The number of imide groups is 1. The van der Waals surface area contributed by atoms with Gasteiger partial charge in [0.05, 0.1) is 6.04 Å². The Kier molecular flexibility index (Phi) is 4.54. The van der Waals surface area contributed by atoms with Crippen molar-refractivity contribution in [2.24, 2.45) is 0 Å². The molecular weight excluding hydrogens is 318 g/mol. The molecule has 1 unspecified atom stereocenters. The third-order valence-corrected chi connectivity index (χ3v) is 5.41. The van der Waals surface area contributed by atoms with E-state index in [2.05, 4.69) is 10.6 Å². The van der Waals surface area contributed by atoms with Crippen LogP contribution in [0.2, 0.25) is 0 Å². The third-order valence-electron chi connectivity index (χ3n) is 5.41. The highest BCUT2D eigenvalue weighted by Crippen LogP contribution is 2.34. The van der Waals surface area contributed by atoms with Crippen molar-refractivity contribution in [2.45, 2.75) is 58.0 Å². The number of carbonyl (C=O) groups excluding carboxylic acids is 3. The second-order valence-electron chi connectivity index (χ2n) is 7.24. The van der Waals surface area contributed by atoms with Gasteiger partial charge in [0.1, 0.15) is 12.1 Å². The van der Waals surface area contributed by atoms with E-state index >= 15 is 0 Å².